The number of carbonyl (C=O) groups is 1. The average molecular weight is 253 g/mol. The number of hydrogen-bond acceptors (Lipinski definition) is 3. The van der Waals surface area contributed by atoms with Gasteiger partial charge < -0.3 is 15.1 Å². The van der Waals surface area contributed by atoms with Gasteiger partial charge >= 0.3 is 0 Å². The number of likely N-dealkylation sites (N-methyl/N-ethyl adjacent to an activating group) is 1. The lowest BCUT2D eigenvalue weighted by atomic mass is 9.81. The molecular formula is C14H27N3O. The van der Waals surface area contributed by atoms with Crippen molar-refractivity contribution >= 4 is 5.91 Å². The van der Waals surface area contributed by atoms with E-state index in [1.54, 1.807) is 0 Å². The monoisotopic (exact) mass is 253 g/mol. The molecule has 0 spiro atoms. The summed E-state index contributed by atoms with van der Waals surface area (Å²) in [6, 6.07) is 0.544. The molecule has 0 bridgehead atoms. The number of carbonyl (C=O) groups excluding carboxylic acids is 1. The Kier molecular flexibility index (Phi) is 4.28. The number of amides is 1. The molecule has 2 atom stereocenters. The molecule has 18 heavy (non-hydrogen) atoms. The van der Waals surface area contributed by atoms with Crippen molar-refractivity contribution in [2.24, 2.45) is 5.41 Å². The largest absolute Gasteiger partial charge is 0.341 e. The Balaban J connectivity index is 2.02. The molecule has 0 aromatic heterocycles. The van der Waals surface area contributed by atoms with E-state index in [0.29, 0.717) is 11.9 Å². The van der Waals surface area contributed by atoms with Crippen LogP contribution < -0.4 is 5.32 Å². The van der Waals surface area contributed by atoms with Gasteiger partial charge in [-0.05, 0) is 39.9 Å². The SMILES string of the molecule is CCCC1(C(=O)N2CCC(N(C)C)C2)CCNC1. The Labute approximate surface area is 111 Å². The van der Waals surface area contributed by atoms with E-state index in [1.165, 1.54) is 0 Å². The van der Waals surface area contributed by atoms with Crippen LogP contribution in [0.3, 0.4) is 0 Å². The van der Waals surface area contributed by atoms with Gasteiger partial charge in [-0.1, -0.05) is 13.3 Å². The van der Waals surface area contributed by atoms with Crippen LogP contribution in [-0.2, 0) is 4.79 Å². The summed E-state index contributed by atoms with van der Waals surface area (Å²) in [6.07, 6.45) is 4.26. The van der Waals surface area contributed by atoms with E-state index < -0.39 is 0 Å². The molecule has 2 aliphatic heterocycles. The maximum Gasteiger partial charge on any atom is 0.230 e. The maximum absolute atomic E-state index is 12.8. The Hall–Kier alpha value is -0.610. The van der Waals surface area contributed by atoms with Gasteiger partial charge in [0, 0.05) is 25.7 Å². The molecule has 2 saturated heterocycles. The summed E-state index contributed by atoms with van der Waals surface area (Å²) in [4.78, 5) is 17.1. The van der Waals surface area contributed by atoms with Crippen LogP contribution in [0.2, 0.25) is 0 Å². The van der Waals surface area contributed by atoms with Gasteiger partial charge in [-0.25, -0.2) is 0 Å². The zero-order valence-corrected chi connectivity index (χ0v) is 12.0. The minimum Gasteiger partial charge on any atom is -0.341 e. The van der Waals surface area contributed by atoms with Gasteiger partial charge in [-0.3, -0.25) is 4.79 Å². The molecule has 2 fully saturated rings. The highest BCUT2D eigenvalue weighted by Gasteiger charge is 2.44. The standard InChI is InChI=1S/C14H27N3O/c1-4-6-14(7-8-15-11-14)13(18)17-9-5-12(10-17)16(2)3/h12,15H,4-11H2,1-3H3. The van der Waals surface area contributed by atoms with Crippen LogP contribution in [0.5, 0.6) is 0 Å². The van der Waals surface area contributed by atoms with E-state index in [2.05, 4.69) is 36.1 Å². The Morgan fingerprint density at radius 2 is 2.28 bits per heavy atom. The molecule has 4 heteroatoms. The zero-order valence-electron chi connectivity index (χ0n) is 12.0. The van der Waals surface area contributed by atoms with Crippen LogP contribution >= 0.6 is 0 Å². The molecule has 2 aliphatic rings. The van der Waals surface area contributed by atoms with Crippen LogP contribution in [0.1, 0.15) is 32.6 Å². The third kappa shape index (κ3) is 2.54. The molecule has 0 saturated carbocycles. The van der Waals surface area contributed by atoms with Gasteiger partial charge in [0.2, 0.25) is 5.91 Å². The highest BCUT2D eigenvalue weighted by atomic mass is 16.2. The minimum atomic E-state index is -0.101. The fourth-order valence-electron chi connectivity index (χ4n) is 3.41. The first-order chi connectivity index (χ1) is 8.59. The second-order valence-corrected chi connectivity index (χ2v) is 6.11. The Morgan fingerprint density at radius 3 is 2.78 bits per heavy atom. The fourth-order valence-corrected chi connectivity index (χ4v) is 3.41. The van der Waals surface area contributed by atoms with Crippen molar-refractivity contribution in [3.8, 4) is 0 Å². The molecule has 2 rings (SSSR count). The van der Waals surface area contributed by atoms with E-state index in [4.69, 9.17) is 0 Å². The summed E-state index contributed by atoms with van der Waals surface area (Å²) in [5, 5.41) is 3.38. The van der Waals surface area contributed by atoms with Gasteiger partial charge in [0.1, 0.15) is 0 Å². The predicted molar refractivity (Wildman–Crippen MR) is 73.5 cm³/mol. The summed E-state index contributed by atoms with van der Waals surface area (Å²) in [7, 11) is 4.22. The van der Waals surface area contributed by atoms with Gasteiger partial charge in [0.05, 0.1) is 5.41 Å². The number of hydrogen-bond donors (Lipinski definition) is 1. The van der Waals surface area contributed by atoms with Gasteiger partial charge in [0.15, 0.2) is 0 Å². The summed E-state index contributed by atoms with van der Waals surface area (Å²) in [5.74, 6) is 0.402. The first kappa shape index (κ1) is 13.8. The maximum atomic E-state index is 12.8. The first-order valence-electron chi connectivity index (χ1n) is 7.25. The van der Waals surface area contributed by atoms with Crippen molar-refractivity contribution in [3.05, 3.63) is 0 Å². The molecule has 0 aliphatic carbocycles. The molecule has 0 aromatic carbocycles. The quantitative estimate of drug-likeness (QED) is 0.809. The van der Waals surface area contributed by atoms with Crippen LogP contribution in [0, 0.1) is 5.41 Å². The molecule has 2 unspecified atom stereocenters. The van der Waals surface area contributed by atoms with Crippen molar-refractivity contribution in [1.82, 2.24) is 15.1 Å². The second-order valence-electron chi connectivity index (χ2n) is 6.11. The topological polar surface area (TPSA) is 35.6 Å². The molecule has 1 amide bonds. The van der Waals surface area contributed by atoms with Crippen molar-refractivity contribution in [1.29, 1.82) is 0 Å². The van der Waals surface area contributed by atoms with E-state index in [1.807, 2.05) is 0 Å². The van der Waals surface area contributed by atoms with Crippen LogP contribution in [0.25, 0.3) is 0 Å². The van der Waals surface area contributed by atoms with Crippen LogP contribution in [0.15, 0.2) is 0 Å². The van der Waals surface area contributed by atoms with Crippen molar-refractivity contribution in [2.45, 2.75) is 38.6 Å². The lowest BCUT2D eigenvalue weighted by Gasteiger charge is -2.32. The smallest absolute Gasteiger partial charge is 0.230 e. The van der Waals surface area contributed by atoms with Crippen LogP contribution in [-0.4, -0.2) is 62.0 Å². The van der Waals surface area contributed by atoms with E-state index >= 15 is 0 Å². The number of nitrogens with one attached hydrogen (secondary N) is 1. The summed E-state index contributed by atoms with van der Waals surface area (Å²) >= 11 is 0. The molecule has 0 radical (unpaired) electrons. The number of rotatable bonds is 4. The molecule has 4 nitrogen and oxygen atoms in total. The number of likely N-dealkylation sites (tertiary alicyclic amines) is 1. The minimum absolute atomic E-state index is 0.101. The lowest BCUT2D eigenvalue weighted by Crippen LogP contribution is -2.45. The lowest BCUT2D eigenvalue weighted by molar-refractivity contribution is -0.140. The molecule has 1 N–H and O–H groups in total. The van der Waals surface area contributed by atoms with Gasteiger partial charge in [-0.15, -0.1) is 0 Å². The molecular weight excluding hydrogens is 226 g/mol. The summed E-state index contributed by atoms with van der Waals surface area (Å²) < 4.78 is 0. The average Bonchev–Trinajstić information content (AvgIpc) is 2.97. The Morgan fingerprint density at radius 1 is 1.50 bits per heavy atom. The van der Waals surface area contributed by atoms with Gasteiger partial charge in [-0.2, -0.15) is 0 Å². The Bertz CT molecular complexity index is 297. The van der Waals surface area contributed by atoms with E-state index in [9.17, 15) is 4.79 Å². The van der Waals surface area contributed by atoms with Crippen molar-refractivity contribution in [3.63, 3.8) is 0 Å². The van der Waals surface area contributed by atoms with Crippen molar-refractivity contribution < 1.29 is 4.79 Å². The first-order valence-corrected chi connectivity index (χ1v) is 7.25. The van der Waals surface area contributed by atoms with Crippen molar-refractivity contribution in [2.75, 3.05) is 40.3 Å². The molecule has 2 heterocycles. The summed E-state index contributed by atoms with van der Waals surface area (Å²) in [6.45, 7) is 5.91. The number of nitrogens with zero attached hydrogens (tertiary/aromatic N) is 2. The molecule has 0 aromatic rings. The highest BCUT2D eigenvalue weighted by molar-refractivity contribution is 5.83. The predicted octanol–water partition coefficient (Wildman–Crippen LogP) is 0.929. The molecule has 104 valence electrons. The van der Waals surface area contributed by atoms with Crippen LogP contribution in [0.4, 0.5) is 0 Å². The third-order valence-electron chi connectivity index (χ3n) is 4.61. The van der Waals surface area contributed by atoms with Gasteiger partial charge in [0.25, 0.3) is 0 Å². The fraction of sp³-hybridized carbons (Fsp3) is 0.929. The third-order valence-corrected chi connectivity index (χ3v) is 4.61. The normalized spacial score (nSPS) is 32.4. The summed E-state index contributed by atoms with van der Waals surface area (Å²) in [5.41, 5.74) is -0.101. The van der Waals surface area contributed by atoms with E-state index in [0.717, 1.165) is 51.9 Å². The van der Waals surface area contributed by atoms with E-state index in [-0.39, 0.29) is 5.41 Å². The zero-order chi connectivity index (χ0) is 13.2. The highest BCUT2D eigenvalue weighted by Crippen LogP contribution is 2.34. The second kappa shape index (κ2) is 5.57.